The monoisotopic (exact) mass is 434 g/mol. The van der Waals surface area contributed by atoms with Gasteiger partial charge < -0.3 is 5.32 Å². The number of hydrogen-bond acceptors (Lipinski definition) is 3. The number of amides is 1. The zero-order valence-corrected chi connectivity index (χ0v) is 18.4. The minimum atomic E-state index is -3.24. The molecule has 1 amide bonds. The van der Waals surface area contributed by atoms with Crippen LogP contribution in [0.5, 0.6) is 0 Å². The minimum absolute atomic E-state index is 0.136. The van der Waals surface area contributed by atoms with E-state index in [1.165, 1.54) is 16.1 Å². The molecule has 0 atom stereocenters. The molecule has 1 aliphatic heterocycles. The van der Waals surface area contributed by atoms with E-state index in [0.29, 0.717) is 25.1 Å². The Morgan fingerprint density at radius 3 is 2.45 bits per heavy atom. The molecule has 3 aromatic rings. The third-order valence-electron chi connectivity index (χ3n) is 5.74. The first-order valence-corrected chi connectivity index (χ1v) is 12.3. The molecular weight excluding hydrogens is 408 g/mol. The molecule has 31 heavy (non-hydrogen) atoms. The van der Waals surface area contributed by atoms with E-state index < -0.39 is 10.0 Å². The second kappa shape index (κ2) is 9.04. The summed E-state index contributed by atoms with van der Waals surface area (Å²) in [5.74, 6) is -0.136. The minimum Gasteiger partial charge on any atom is -0.322 e. The zero-order chi connectivity index (χ0) is 21.8. The van der Waals surface area contributed by atoms with Gasteiger partial charge in [0.1, 0.15) is 0 Å². The number of anilines is 1. The number of carbonyl (C=O) groups excluding carboxylic acids is 1. The average Bonchev–Trinajstić information content (AvgIpc) is 2.78. The second-order valence-electron chi connectivity index (χ2n) is 7.89. The average molecular weight is 435 g/mol. The summed E-state index contributed by atoms with van der Waals surface area (Å²) in [5.41, 5.74) is 5.63. The molecule has 0 radical (unpaired) electrons. The van der Waals surface area contributed by atoms with E-state index >= 15 is 0 Å². The molecule has 5 nitrogen and oxygen atoms in total. The third-order valence-corrected chi connectivity index (χ3v) is 6.99. The Morgan fingerprint density at radius 2 is 1.68 bits per heavy atom. The third kappa shape index (κ3) is 5.03. The molecule has 0 saturated heterocycles. The first kappa shape index (κ1) is 21.3. The molecule has 0 unspecified atom stereocenters. The van der Waals surface area contributed by atoms with E-state index in [9.17, 15) is 13.2 Å². The molecule has 4 rings (SSSR count). The van der Waals surface area contributed by atoms with Crippen LogP contribution in [0, 0.1) is 0 Å². The number of fused-ring (bicyclic) bond motifs is 1. The van der Waals surface area contributed by atoms with Gasteiger partial charge in [-0.05, 0) is 53.6 Å². The van der Waals surface area contributed by atoms with Crippen LogP contribution in [0.2, 0.25) is 0 Å². The maximum absolute atomic E-state index is 13.1. The summed E-state index contributed by atoms with van der Waals surface area (Å²) in [4.78, 5) is 13.1. The normalized spacial score (nSPS) is 14.1. The van der Waals surface area contributed by atoms with Crippen LogP contribution < -0.4 is 5.32 Å². The van der Waals surface area contributed by atoms with Gasteiger partial charge in [-0.2, -0.15) is 4.31 Å². The van der Waals surface area contributed by atoms with Crippen LogP contribution in [-0.4, -0.2) is 31.4 Å². The Morgan fingerprint density at radius 1 is 0.935 bits per heavy atom. The number of hydrogen-bond donors (Lipinski definition) is 1. The Balaban J connectivity index is 1.52. The summed E-state index contributed by atoms with van der Waals surface area (Å²) >= 11 is 0. The van der Waals surface area contributed by atoms with Crippen LogP contribution in [0.15, 0.2) is 72.8 Å². The van der Waals surface area contributed by atoms with Gasteiger partial charge in [0.25, 0.3) is 5.91 Å². The zero-order valence-electron chi connectivity index (χ0n) is 17.5. The molecule has 0 saturated carbocycles. The Labute approximate surface area is 183 Å². The van der Waals surface area contributed by atoms with Crippen molar-refractivity contribution in [2.45, 2.75) is 25.8 Å². The lowest BCUT2D eigenvalue weighted by Gasteiger charge is -2.28. The summed E-state index contributed by atoms with van der Waals surface area (Å²) in [6, 6.07) is 23.6. The van der Waals surface area contributed by atoms with Gasteiger partial charge in [-0.15, -0.1) is 0 Å². The van der Waals surface area contributed by atoms with Gasteiger partial charge in [0.05, 0.1) is 6.26 Å². The van der Waals surface area contributed by atoms with Crippen molar-refractivity contribution < 1.29 is 13.2 Å². The van der Waals surface area contributed by atoms with Crippen LogP contribution in [0.1, 0.15) is 32.6 Å². The summed E-state index contributed by atoms with van der Waals surface area (Å²) in [5, 5.41) is 3.07. The lowest BCUT2D eigenvalue weighted by Crippen LogP contribution is -2.35. The first-order valence-electron chi connectivity index (χ1n) is 10.4. The molecule has 6 heteroatoms. The van der Waals surface area contributed by atoms with Crippen molar-refractivity contribution in [2.24, 2.45) is 0 Å². The fourth-order valence-corrected chi connectivity index (χ4v) is 4.85. The van der Waals surface area contributed by atoms with E-state index in [2.05, 4.69) is 17.4 Å². The predicted octanol–water partition coefficient (Wildman–Crippen LogP) is 4.04. The van der Waals surface area contributed by atoms with Gasteiger partial charge in [0, 0.05) is 24.3 Å². The molecule has 1 N–H and O–H groups in total. The van der Waals surface area contributed by atoms with Crippen LogP contribution in [0.4, 0.5) is 5.69 Å². The Hall–Kier alpha value is -2.96. The number of nitrogens with zero attached hydrogens (tertiary/aromatic N) is 1. The van der Waals surface area contributed by atoms with E-state index in [1.807, 2.05) is 60.7 Å². The van der Waals surface area contributed by atoms with Crippen molar-refractivity contribution in [3.05, 3.63) is 101 Å². The molecule has 0 aromatic heterocycles. The summed E-state index contributed by atoms with van der Waals surface area (Å²) in [6.45, 7) is 0.762. The summed E-state index contributed by atoms with van der Waals surface area (Å²) in [7, 11) is -3.24. The fourth-order valence-electron chi connectivity index (χ4n) is 4.06. The van der Waals surface area contributed by atoms with Gasteiger partial charge in [0.2, 0.25) is 10.0 Å². The number of carbonyl (C=O) groups is 1. The van der Waals surface area contributed by atoms with Crippen molar-refractivity contribution in [1.29, 1.82) is 0 Å². The molecule has 0 aliphatic carbocycles. The molecule has 3 aromatic carbocycles. The Kier molecular flexibility index (Phi) is 6.20. The van der Waals surface area contributed by atoms with Crippen molar-refractivity contribution in [3.63, 3.8) is 0 Å². The lowest BCUT2D eigenvalue weighted by atomic mass is 9.97. The number of rotatable bonds is 6. The standard InChI is InChI=1S/C25H26N2O3S/c1-31(29,30)27-17-16-22-21(18-27)11-7-13-24(22)26-25(28)23-12-6-5-10-20(23)15-14-19-8-3-2-4-9-19/h2-13H,14-18H2,1H3,(H,26,28). The van der Waals surface area contributed by atoms with Gasteiger partial charge in [0.15, 0.2) is 0 Å². The molecule has 0 fully saturated rings. The molecule has 0 bridgehead atoms. The van der Waals surface area contributed by atoms with E-state index in [0.717, 1.165) is 35.2 Å². The number of aryl methyl sites for hydroxylation is 2. The van der Waals surface area contributed by atoms with Crippen molar-refractivity contribution in [3.8, 4) is 0 Å². The lowest BCUT2D eigenvalue weighted by molar-refractivity contribution is 0.102. The highest BCUT2D eigenvalue weighted by molar-refractivity contribution is 7.88. The number of nitrogens with one attached hydrogen (secondary N) is 1. The summed E-state index contributed by atoms with van der Waals surface area (Å²) < 4.78 is 25.3. The van der Waals surface area contributed by atoms with Crippen molar-refractivity contribution in [2.75, 3.05) is 18.1 Å². The highest BCUT2D eigenvalue weighted by Crippen LogP contribution is 2.28. The number of benzene rings is 3. The topological polar surface area (TPSA) is 66.5 Å². The van der Waals surface area contributed by atoms with Crippen molar-refractivity contribution >= 4 is 21.6 Å². The van der Waals surface area contributed by atoms with Crippen LogP contribution in [0.3, 0.4) is 0 Å². The fraction of sp³-hybridized carbons (Fsp3) is 0.240. The van der Waals surface area contributed by atoms with Gasteiger partial charge in [-0.3, -0.25) is 4.79 Å². The highest BCUT2D eigenvalue weighted by atomic mass is 32.2. The van der Waals surface area contributed by atoms with Gasteiger partial charge in [-0.1, -0.05) is 60.7 Å². The summed E-state index contributed by atoms with van der Waals surface area (Å²) in [6.07, 6.45) is 3.46. The van der Waals surface area contributed by atoms with Crippen molar-refractivity contribution in [1.82, 2.24) is 4.31 Å². The smallest absolute Gasteiger partial charge is 0.255 e. The first-order chi connectivity index (χ1) is 14.9. The Bertz CT molecular complexity index is 1190. The molecule has 0 spiro atoms. The molecule has 160 valence electrons. The van der Waals surface area contributed by atoms with E-state index in [4.69, 9.17) is 0 Å². The molecule has 1 aliphatic rings. The van der Waals surface area contributed by atoms with Gasteiger partial charge in [-0.25, -0.2) is 8.42 Å². The maximum atomic E-state index is 13.1. The van der Waals surface area contributed by atoms with E-state index in [1.54, 1.807) is 0 Å². The SMILES string of the molecule is CS(=O)(=O)N1CCc2c(cccc2NC(=O)c2ccccc2CCc2ccccc2)C1. The quantitative estimate of drug-likeness (QED) is 0.637. The highest BCUT2D eigenvalue weighted by Gasteiger charge is 2.25. The van der Waals surface area contributed by atoms with Crippen LogP contribution in [0.25, 0.3) is 0 Å². The molecular formula is C25H26N2O3S. The second-order valence-corrected chi connectivity index (χ2v) is 9.87. The van der Waals surface area contributed by atoms with Crippen LogP contribution in [-0.2, 0) is 35.8 Å². The maximum Gasteiger partial charge on any atom is 0.255 e. The predicted molar refractivity (Wildman–Crippen MR) is 124 cm³/mol. The van der Waals surface area contributed by atoms with Gasteiger partial charge >= 0.3 is 0 Å². The number of sulfonamides is 1. The van der Waals surface area contributed by atoms with E-state index in [-0.39, 0.29) is 5.91 Å². The molecule has 1 heterocycles. The van der Waals surface area contributed by atoms with Crippen LogP contribution >= 0.6 is 0 Å². The largest absolute Gasteiger partial charge is 0.322 e.